The Morgan fingerprint density at radius 2 is 2.17 bits per heavy atom. The Morgan fingerprint density at radius 3 is 3.00 bits per heavy atom. The second kappa shape index (κ2) is 4.66. The molecule has 90 valence electrons. The molecule has 18 heavy (non-hydrogen) atoms. The molecule has 0 spiro atoms. The molecular formula is C14H13N3S. The van der Waals surface area contributed by atoms with Crippen LogP contribution in [0.3, 0.4) is 0 Å². The Morgan fingerprint density at radius 1 is 1.22 bits per heavy atom. The highest BCUT2D eigenvalue weighted by molar-refractivity contribution is 7.07. The maximum absolute atomic E-state index is 5.77. The number of anilines is 2. The number of pyridine rings is 1. The van der Waals surface area contributed by atoms with E-state index in [2.05, 4.69) is 27.1 Å². The molecule has 3 aromatic rings. The van der Waals surface area contributed by atoms with Gasteiger partial charge in [-0.25, -0.2) is 0 Å². The standard InChI is InChI=1S/C14H13N3S/c15-11-1-2-12-13(3-5-16-14(12)7-11)17-8-10-4-6-18-9-10/h1-7,9H,8,15H2,(H,16,17). The third kappa shape index (κ3) is 2.15. The van der Waals surface area contributed by atoms with Gasteiger partial charge in [-0.1, -0.05) is 0 Å². The van der Waals surface area contributed by atoms with E-state index in [0.29, 0.717) is 0 Å². The lowest BCUT2D eigenvalue weighted by molar-refractivity contribution is 1.17. The van der Waals surface area contributed by atoms with E-state index < -0.39 is 0 Å². The smallest absolute Gasteiger partial charge is 0.0743 e. The zero-order valence-electron chi connectivity index (χ0n) is 9.76. The highest BCUT2D eigenvalue weighted by Crippen LogP contribution is 2.23. The van der Waals surface area contributed by atoms with Crippen LogP contribution in [0.15, 0.2) is 47.3 Å². The van der Waals surface area contributed by atoms with Crippen molar-refractivity contribution in [3.8, 4) is 0 Å². The Labute approximate surface area is 109 Å². The molecule has 0 fully saturated rings. The minimum absolute atomic E-state index is 0.741. The van der Waals surface area contributed by atoms with Gasteiger partial charge in [0.2, 0.25) is 0 Å². The summed E-state index contributed by atoms with van der Waals surface area (Å²) in [6.45, 7) is 0.826. The molecule has 0 bridgehead atoms. The molecule has 2 heterocycles. The largest absolute Gasteiger partial charge is 0.399 e. The van der Waals surface area contributed by atoms with Crippen molar-refractivity contribution < 1.29 is 0 Å². The monoisotopic (exact) mass is 255 g/mol. The molecule has 0 radical (unpaired) electrons. The maximum atomic E-state index is 5.77. The number of nitrogens with one attached hydrogen (secondary N) is 1. The van der Waals surface area contributed by atoms with Gasteiger partial charge in [0.05, 0.1) is 5.52 Å². The van der Waals surface area contributed by atoms with Crippen LogP contribution in [0.5, 0.6) is 0 Å². The molecule has 3 N–H and O–H groups in total. The van der Waals surface area contributed by atoms with E-state index in [1.54, 1.807) is 17.5 Å². The van der Waals surface area contributed by atoms with Crippen molar-refractivity contribution in [1.29, 1.82) is 0 Å². The van der Waals surface area contributed by atoms with E-state index >= 15 is 0 Å². The number of hydrogen-bond acceptors (Lipinski definition) is 4. The molecule has 4 heteroatoms. The van der Waals surface area contributed by atoms with E-state index in [0.717, 1.165) is 28.8 Å². The Bertz CT molecular complexity index is 662. The lowest BCUT2D eigenvalue weighted by Gasteiger charge is -2.08. The van der Waals surface area contributed by atoms with Crippen LogP contribution in [-0.2, 0) is 6.54 Å². The molecular weight excluding hydrogens is 242 g/mol. The third-order valence-electron chi connectivity index (χ3n) is 2.83. The molecule has 0 amide bonds. The fraction of sp³-hybridized carbons (Fsp3) is 0.0714. The minimum Gasteiger partial charge on any atom is -0.399 e. The summed E-state index contributed by atoms with van der Waals surface area (Å²) >= 11 is 1.71. The van der Waals surface area contributed by atoms with Crippen molar-refractivity contribution in [3.05, 3.63) is 52.9 Å². The van der Waals surface area contributed by atoms with Gasteiger partial charge in [-0.15, -0.1) is 0 Å². The van der Waals surface area contributed by atoms with Crippen LogP contribution in [0.1, 0.15) is 5.56 Å². The van der Waals surface area contributed by atoms with E-state index in [1.165, 1.54) is 5.56 Å². The number of thiophene rings is 1. The maximum Gasteiger partial charge on any atom is 0.0743 e. The molecule has 0 saturated carbocycles. The first-order valence-electron chi connectivity index (χ1n) is 5.72. The Kier molecular flexibility index (Phi) is 2.86. The van der Waals surface area contributed by atoms with E-state index in [4.69, 9.17) is 5.73 Å². The van der Waals surface area contributed by atoms with E-state index in [1.807, 2.05) is 24.3 Å². The summed E-state index contributed by atoms with van der Waals surface area (Å²) in [5.41, 5.74) is 9.81. The van der Waals surface area contributed by atoms with Gasteiger partial charge in [0.1, 0.15) is 0 Å². The zero-order valence-corrected chi connectivity index (χ0v) is 10.6. The molecule has 0 aliphatic carbocycles. The van der Waals surface area contributed by atoms with Gasteiger partial charge in [-0.3, -0.25) is 4.98 Å². The van der Waals surface area contributed by atoms with Crippen molar-refractivity contribution >= 4 is 33.6 Å². The van der Waals surface area contributed by atoms with Crippen LogP contribution in [-0.4, -0.2) is 4.98 Å². The topological polar surface area (TPSA) is 50.9 Å². The number of aromatic nitrogens is 1. The number of hydrogen-bond donors (Lipinski definition) is 2. The van der Waals surface area contributed by atoms with Crippen molar-refractivity contribution in [1.82, 2.24) is 4.98 Å². The van der Waals surface area contributed by atoms with Crippen LogP contribution in [0.4, 0.5) is 11.4 Å². The van der Waals surface area contributed by atoms with Gasteiger partial charge in [-0.05, 0) is 46.7 Å². The van der Waals surface area contributed by atoms with Gasteiger partial charge in [-0.2, -0.15) is 11.3 Å². The minimum atomic E-state index is 0.741. The number of nitrogen functional groups attached to an aromatic ring is 1. The highest BCUT2D eigenvalue weighted by atomic mass is 32.1. The summed E-state index contributed by atoms with van der Waals surface area (Å²) < 4.78 is 0. The van der Waals surface area contributed by atoms with Gasteiger partial charge < -0.3 is 11.1 Å². The molecule has 0 aliphatic rings. The summed E-state index contributed by atoms with van der Waals surface area (Å²) in [4.78, 5) is 4.33. The van der Waals surface area contributed by atoms with Gasteiger partial charge in [0, 0.05) is 29.5 Å². The lowest BCUT2D eigenvalue weighted by Crippen LogP contribution is -1.99. The Balaban J connectivity index is 1.92. The first kappa shape index (κ1) is 11.0. The van der Waals surface area contributed by atoms with Crippen molar-refractivity contribution in [2.75, 3.05) is 11.1 Å². The number of fused-ring (bicyclic) bond motifs is 1. The first-order chi connectivity index (χ1) is 8.83. The summed E-state index contributed by atoms with van der Waals surface area (Å²) in [6, 6.07) is 9.92. The molecule has 3 rings (SSSR count). The van der Waals surface area contributed by atoms with Crippen LogP contribution in [0.2, 0.25) is 0 Å². The zero-order chi connectivity index (χ0) is 12.4. The fourth-order valence-corrected chi connectivity index (χ4v) is 2.58. The third-order valence-corrected chi connectivity index (χ3v) is 3.56. The quantitative estimate of drug-likeness (QED) is 0.704. The summed E-state index contributed by atoms with van der Waals surface area (Å²) in [7, 11) is 0. The molecule has 0 saturated heterocycles. The SMILES string of the molecule is Nc1ccc2c(NCc3ccsc3)ccnc2c1. The lowest BCUT2D eigenvalue weighted by atomic mass is 10.1. The average Bonchev–Trinajstić information content (AvgIpc) is 2.89. The molecule has 1 aromatic carbocycles. The van der Waals surface area contributed by atoms with Crippen molar-refractivity contribution in [2.45, 2.75) is 6.54 Å². The molecule has 0 aliphatic heterocycles. The van der Waals surface area contributed by atoms with Gasteiger partial charge in [0.15, 0.2) is 0 Å². The second-order valence-electron chi connectivity index (χ2n) is 4.12. The van der Waals surface area contributed by atoms with Crippen LogP contribution in [0.25, 0.3) is 10.9 Å². The normalized spacial score (nSPS) is 10.7. The van der Waals surface area contributed by atoms with Crippen LogP contribution in [0, 0.1) is 0 Å². The Hall–Kier alpha value is -2.07. The summed E-state index contributed by atoms with van der Waals surface area (Å²) in [5.74, 6) is 0. The summed E-state index contributed by atoms with van der Waals surface area (Å²) in [6.07, 6.45) is 1.80. The van der Waals surface area contributed by atoms with E-state index in [-0.39, 0.29) is 0 Å². The number of benzene rings is 1. The van der Waals surface area contributed by atoms with Gasteiger partial charge >= 0.3 is 0 Å². The van der Waals surface area contributed by atoms with Crippen LogP contribution < -0.4 is 11.1 Å². The van der Waals surface area contributed by atoms with Crippen molar-refractivity contribution in [2.24, 2.45) is 0 Å². The first-order valence-corrected chi connectivity index (χ1v) is 6.66. The van der Waals surface area contributed by atoms with Crippen molar-refractivity contribution in [3.63, 3.8) is 0 Å². The molecule has 0 atom stereocenters. The highest BCUT2D eigenvalue weighted by Gasteiger charge is 2.02. The summed E-state index contributed by atoms with van der Waals surface area (Å²) in [5, 5.41) is 8.77. The average molecular weight is 255 g/mol. The van der Waals surface area contributed by atoms with Gasteiger partial charge in [0.25, 0.3) is 0 Å². The molecule has 0 unspecified atom stereocenters. The molecule has 3 nitrogen and oxygen atoms in total. The van der Waals surface area contributed by atoms with E-state index in [9.17, 15) is 0 Å². The predicted octanol–water partition coefficient (Wildman–Crippen LogP) is 3.49. The number of rotatable bonds is 3. The number of nitrogens with two attached hydrogens (primary N) is 1. The second-order valence-corrected chi connectivity index (χ2v) is 4.90. The fourth-order valence-electron chi connectivity index (χ4n) is 1.91. The van der Waals surface area contributed by atoms with Crippen LogP contribution >= 0.6 is 11.3 Å². The number of nitrogens with zero attached hydrogens (tertiary/aromatic N) is 1. The predicted molar refractivity (Wildman–Crippen MR) is 77.8 cm³/mol. The molecule has 2 aromatic heterocycles.